The van der Waals surface area contributed by atoms with E-state index in [9.17, 15) is 0 Å². The summed E-state index contributed by atoms with van der Waals surface area (Å²) in [5, 5.41) is 3.72. The minimum atomic E-state index is 0.679. The van der Waals surface area contributed by atoms with Crippen LogP contribution in [0.5, 0.6) is 5.75 Å². The molecule has 2 fully saturated rings. The van der Waals surface area contributed by atoms with Crippen LogP contribution in [0.15, 0.2) is 24.3 Å². The van der Waals surface area contributed by atoms with Crippen molar-refractivity contribution in [3.63, 3.8) is 0 Å². The highest BCUT2D eigenvalue weighted by Crippen LogP contribution is 2.28. The van der Waals surface area contributed by atoms with Crippen LogP contribution in [-0.4, -0.2) is 37.2 Å². The van der Waals surface area contributed by atoms with Crippen molar-refractivity contribution in [3.8, 4) is 5.75 Å². The van der Waals surface area contributed by atoms with E-state index in [1.165, 1.54) is 37.9 Å². The molecule has 1 N–H and O–H groups in total. The van der Waals surface area contributed by atoms with E-state index in [2.05, 4.69) is 28.4 Å². The highest BCUT2D eigenvalue weighted by molar-refractivity contribution is 5.28. The first-order valence-corrected chi connectivity index (χ1v) is 6.97. The molecule has 3 rings (SSSR count). The zero-order valence-corrected chi connectivity index (χ0v) is 11.1. The lowest BCUT2D eigenvalue weighted by Gasteiger charge is -2.21. The Hall–Kier alpha value is -1.06. The van der Waals surface area contributed by atoms with Gasteiger partial charge in [-0.2, -0.15) is 0 Å². The van der Waals surface area contributed by atoms with Gasteiger partial charge in [-0.25, -0.2) is 0 Å². The Bertz CT molecular complexity index is 407. The molecule has 98 valence electrons. The fraction of sp³-hybridized carbons (Fsp3) is 0.600. The fourth-order valence-corrected chi connectivity index (χ4v) is 3.35. The van der Waals surface area contributed by atoms with E-state index in [1.807, 2.05) is 6.07 Å². The number of ether oxygens (including phenoxy) is 1. The molecule has 2 aliphatic rings. The molecule has 2 aliphatic heterocycles. The van der Waals surface area contributed by atoms with Gasteiger partial charge in [0.05, 0.1) is 7.11 Å². The molecule has 0 spiro atoms. The van der Waals surface area contributed by atoms with E-state index < -0.39 is 0 Å². The fourth-order valence-electron chi connectivity index (χ4n) is 3.35. The predicted octanol–water partition coefficient (Wildman–Crippen LogP) is 2.02. The highest BCUT2D eigenvalue weighted by Gasteiger charge is 2.36. The standard InChI is InChI=1S/C15H22N2O/c1-18-13-5-2-4-12(10-13)11-16-14-7-9-17-8-3-6-15(14)17/h2,4-5,10,14-16H,3,6-9,11H2,1H3. The van der Waals surface area contributed by atoms with E-state index >= 15 is 0 Å². The molecule has 0 radical (unpaired) electrons. The van der Waals surface area contributed by atoms with Gasteiger partial charge in [0, 0.05) is 25.2 Å². The number of fused-ring (bicyclic) bond motifs is 1. The second kappa shape index (κ2) is 5.29. The van der Waals surface area contributed by atoms with Crippen LogP contribution in [0.1, 0.15) is 24.8 Å². The van der Waals surface area contributed by atoms with Crippen molar-refractivity contribution in [1.82, 2.24) is 10.2 Å². The van der Waals surface area contributed by atoms with Crippen LogP contribution in [-0.2, 0) is 6.54 Å². The van der Waals surface area contributed by atoms with Gasteiger partial charge < -0.3 is 10.1 Å². The largest absolute Gasteiger partial charge is 0.497 e. The number of hydrogen-bond donors (Lipinski definition) is 1. The third kappa shape index (κ3) is 2.38. The lowest BCUT2D eigenvalue weighted by molar-refractivity contribution is 0.298. The van der Waals surface area contributed by atoms with Gasteiger partial charge in [0.2, 0.25) is 0 Å². The zero-order valence-electron chi connectivity index (χ0n) is 11.1. The number of nitrogens with one attached hydrogen (secondary N) is 1. The minimum absolute atomic E-state index is 0.679. The lowest BCUT2D eigenvalue weighted by atomic mass is 10.1. The summed E-state index contributed by atoms with van der Waals surface area (Å²) in [5.74, 6) is 0.947. The average molecular weight is 246 g/mol. The van der Waals surface area contributed by atoms with Gasteiger partial charge in [-0.05, 0) is 43.5 Å². The van der Waals surface area contributed by atoms with Gasteiger partial charge in [-0.3, -0.25) is 4.90 Å². The summed E-state index contributed by atoms with van der Waals surface area (Å²) in [6.07, 6.45) is 4.05. The molecule has 2 heterocycles. The van der Waals surface area contributed by atoms with E-state index in [1.54, 1.807) is 7.11 Å². The summed E-state index contributed by atoms with van der Waals surface area (Å²) < 4.78 is 5.26. The number of methoxy groups -OCH3 is 1. The topological polar surface area (TPSA) is 24.5 Å². The zero-order chi connectivity index (χ0) is 12.4. The molecule has 1 aromatic carbocycles. The summed E-state index contributed by atoms with van der Waals surface area (Å²) in [5.41, 5.74) is 1.31. The van der Waals surface area contributed by atoms with Crippen molar-refractivity contribution in [2.75, 3.05) is 20.2 Å². The number of benzene rings is 1. The van der Waals surface area contributed by atoms with Crippen molar-refractivity contribution in [2.45, 2.75) is 37.9 Å². The van der Waals surface area contributed by atoms with Gasteiger partial charge in [-0.1, -0.05) is 12.1 Å². The van der Waals surface area contributed by atoms with Crippen LogP contribution >= 0.6 is 0 Å². The molecule has 0 amide bonds. The molecule has 18 heavy (non-hydrogen) atoms. The van der Waals surface area contributed by atoms with Gasteiger partial charge in [0.1, 0.15) is 5.75 Å². The third-order valence-electron chi connectivity index (χ3n) is 4.31. The number of hydrogen-bond acceptors (Lipinski definition) is 3. The molecule has 2 atom stereocenters. The Morgan fingerprint density at radius 3 is 3.17 bits per heavy atom. The van der Waals surface area contributed by atoms with E-state index in [-0.39, 0.29) is 0 Å². The molecule has 0 aromatic heterocycles. The molecule has 0 saturated carbocycles. The van der Waals surface area contributed by atoms with Crippen LogP contribution in [0.3, 0.4) is 0 Å². The van der Waals surface area contributed by atoms with E-state index in [0.717, 1.165) is 18.3 Å². The maximum atomic E-state index is 5.26. The van der Waals surface area contributed by atoms with Crippen molar-refractivity contribution < 1.29 is 4.74 Å². The molecule has 2 saturated heterocycles. The summed E-state index contributed by atoms with van der Waals surface area (Å²) in [4.78, 5) is 2.64. The Labute approximate surface area is 109 Å². The molecule has 0 bridgehead atoms. The minimum Gasteiger partial charge on any atom is -0.497 e. The van der Waals surface area contributed by atoms with E-state index in [0.29, 0.717) is 6.04 Å². The summed E-state index contributed by atoms with van der Waals surface area (Å²) in [6, 6.07) is 9.81. The Morgan fingerprint density at radius 1 is 1.33 bits per heavy atom. The van der Waals surface area contributed by atoms with Crippen molar-refractivity contribution in [1.29, 1.82) is 0 Å². The van der Waals surface area contributed by atoms with Gasteiger partial charge in [0.15, 0.2) is 0 Å². The first-order chi connectivity index (χ1) is 8.86. The molecule has 2 unspecified atom stereocenters. The third-order valence-corrected chi connectivity index (χ3v) is 4.31. The second-order valence-electron chi connectivity index (χ2n) is 5.37. The van der Waals surface area contributed by atoms with Crippen LogP contribution in [0, 0.1) is 0 Å². The summed E-state index contributed by atoms with van der Waals surface area (Å²) in [6.45, 7) is 3.54. The molecular formula is C15H22N2O. The van der Waals surface area contributed by atoms with Gasteiger partial charge in [-0.15, -0.1) is 0 Å². The Morgan fingerprint density at radius 2 is 2.28 bits per heavy atom. The van der Waals surface area contributed by atoms with Crippen LogP contribution in [0.4, 0.5) is 0 Å². The molecule has 0 aliphatic carbocycles. The number of nitrogens with zero attached hydrogens (tertiary/aromatic N) is 1. The first-order valence-electron chi connectivity index (χ1n) is 6.97. The maximum absolute atomic E-state index is 5.26. The summed E-state index contributed by atoms with van der Waals surface area (Å²) >= 11 is 0. The van der Waals surface area contributed by atoms with Gasteiger partial charge in [0.25, 0.3) is 0 Å². The second-order valence-corrected chi connectivity index (χ2v) is 5.37. The Balaban J connectivity index is 1.57. The van der Waals surface area contributed by atoms with Crippen LogP contribution < -0.4 is 10.1 Å². The van der Waals surface area contributed by atoms with Crippen molar-refractivity contribution in [3.05, 3.63) is 29.8 Å². The van der Waals surface area contributed by atoms with Gasteiger partial charge >= 0.3 is 0 Å². The molecular weight excluding hydrogens is 224 g/mol. The average Bonchev–Trinajstić information content (AvgIpc) is 3.00. The monoisotopic (exact) mass is 246 g/mol. The van der Waals surface area contributed by atoms with Crippen LogP contribution in [0.2, 0.25) is 0 Å². The Kier molecular flexibility index (Phi) is 3.52. The summed E-state index contributed by atoms with van der Waals surface area (Å²) in [7, 11) is 1.72. The first kappa shape index (κ1) is 12.0. The smallest absolute Gasteiger partial charge is 0.119 e. The van der Waals surface area contributed by atoms with Crippen molar-refractivity contribution >= 4 is 0 Å². The number of rotatable bonds is 4. The SMILES string of the molecule is COc1cccc(CNC2CCN3CCCC23)c1. The molecule has 3 nitrogen and oxygen atoms in total. The lowest BCUT2D eigenvalue weighted by Crippen LogP contribution is -2.38. The quantitative estimate of drug-likeness (QED) is 0.879. The van der Waals surface area contributed by atoms with Crippen LogP contribution in [0.25, 0.3) is 0 Å². The van der Waals surface area contributed by atoms with E-state index in [4.69, 9.17) is 4.74 Å². The normalized spacial score (nSPS) is 27.4. The maximum Gasteiger partial charge on any atom is 0.119 e. The predicted molar refractivity (Wildman–Crippen MR) is 72.8 cm³/mol. The highest BCUT2D eigenvalue weighted by atomic mass is 16.5. The molecule has 3 heteroatoms. The molecule has 1 aromatic rings. The van der Waals surface area contributed by atoms with Crippen molar-refractivity contribution in [2.24, 2.45) is 0 Å².